The minimum atomic E-state index is -3.55. The van der Waals surface area contributed by atoms with Gasteiger partial charge in [-0.1, -0.05) is 18.2 Å². The highest BCUT2D eigenvalue weighted by Crippen LogP contribution is 2.25. The van der Waals surface area contributed by atoms with Gasteiger partial charge in [0.25, 0.3) is 10.0 Å². The molecule has 0 aliphatic rings. The van der Waals surface area contributed by atoms with Crippen molar-refractivity contribution in [2.45, 2.75) is 18.4 Å². The molecular weight excluding hydrogens is 268 g/mol. The number of nitrogens with one attached hydrogen (secondary N) is 1. The Kier molecular flexibility index (Phi) is 3.70. The van der Waals surface area contributed by atoms with Gasteiger partial charge in [-0.05, 0) is 30.0 Å². The molecule has 96 valence electrons. The predicted octanol–water partition coefficient (Wildman–Crippen LogP) is 2.32. The maximum atomic E-state index is 12.2. The summed E-state index contributed by atoms with van der Waals surface area (Å²) in [6.07, 6.45) is 0. The Hall–Kier alpha value is -1.37. The first-order valence-electron chi connectivity index (χ1n) is 5.39. The van der Waals surface area contributed by atoms with Gasteiger partial charge >= 0.3 is 0 Å². The number of hydrogen-bond donors (Lipinski definition) is 2. The molecule has 0 radical (unpaired) electrons. The van der Waals surface area contributed by atoms with E-state index >= 15 is 0 Å². The van der Waals surface area contributed by atoms with Gasteiger partial charge < -0.3 is 5.73 Å². The lowest BCUT2D eigenvalue weighted by molar-refractivity contribution is 0.600. The van der Waals surface area contributed by atoms with E-state index in [4.69, 9.17) is 5.73 Å². The van der Waals surface area contributed by atoms with Crippen molar-refractivity contribution >= 4 is 27.0 Å². The fourth-order valence-electron chi connectivity index (χ4n) is 1.60. The van der Waals surface area contributed by atoms with Crippen molar-refractivity contribution in [1.29, 1.82) is 0 Å². The van der Waals surface area contributed by atoms with Crippen molar-refractivity contribution < 1.29 is 8.42 Å². The smallest absolute Gasteiger partial charge is 0.263 e. The quantitative estimate of drug-likeness (QED) is 0.904. The van der Waals surface area contributed by atoms with Crippen LogP contribution >= 0.6 is 11.3 Å². The summed E-state index contributed by atoms with van der Waals surface area (Å²) in [5, 5.41) is 1.73. The van der Waals surface area contributed by atoms with E-state index in [0.29, 0.717) is 10.6 Å². The van der Waals surface area contributed by atoms with E-state index in [2.05, 4.69) is 4.72 Å². The zero-order valence-corrected chi connectivity index (χ0v) is 11.5. The number of anilines is 1. The molecule has 0 bridgehead atoms. The predicted molar refractivity (Wildman–Crippen MR) is 74.2 cm³/mol. The molecule has 0 spiro atoms. The summed E-state index contributed by atoms with van der Waals surface area (Å²) in [4.78, 5) is 0.925. The largest absolute Gasteiger partial charge is 0.326 e. The summed E-state index contributed by atoms with van der Waals surface area (Å²) in [6, 6.07) is 8.83. The Morgan fingerprint density at radius 3 is 2.67 bits per heavy atom. The number of thiophene rings is 1. The first kappa shape index (κ1) is 13.1. The first-order valence-corrected chi connectivity index (χ1v) is 7.76. The average Bonchev–Trinajstić information content (AvgIpc) is 2.81. The molecule has 4 nitrogen and oxygen atoms in total. The topological polar surface area (TPSA) is 72.2 Å². The monoisotopic (exact) mass is 282 g/mol. The van der Waals surface area contributed by atoms with E-state index in [1.54, 1.807) is 23.6 Å². The lowest BCUT2D eigenvalue weighted by atomic mass is 10.2. The summed E-state index contributed by atoms with van der Waals surface area (Å²) >= 11 is 1.35. The average molecular weight is 282 g/mol. The molecule has 1 aromatic heterocycles. The van der Waals surface area contributed by atoms with E-state index < -0.39 is 10.0 Å². The minimum absolute atomic E-state index is 0.224. The van der Waals surface area contributed by atoms with Gasteiger partial charge in [0.1, 0.15) is 4.90 Å². The van der Waals surface area contributed by atoms with Crippen LogP contribution in [0.1, 0.15) is 10.4 Å². The van der Waals surface area contributed by atoms with Crippen LogP contribution in [0.2, 0.25) is 0 Å². The van der Waals surface area contributed by atoms with Gasteiger partial charge in [-0.25, -0.2) is 8.42 Å². The van der Waals surface area contributed by atoms with Crippen LogP contribution in [0.3, 0.4) is 0 Å². The first-order chi connectivity index (χ1) is 8.54. The van der Waals surface area contributed by atoms with Crippen LogP contribution in [0, 0.1) is 6.92 Å². The van der Waals surface area contributed by atoms with Crippen LogP contribution in [0.15, 0.2) is 40.6 Å². The van der Waals surface area contributed by atoms with Gasteiger partial charge in [0, 0.05) is 11.4 Å². The number of para-hydroxylation sites is 1. The van der Waals surface area contributed by atoms with E-state index in [0.717, 1.165) is 5.56 Å². The molecule has 1 heterocycles. The highest BCUT2D eigenvalue weighted by molar-refractivity contribution is 7.93. The van der Waals surface area contributed by atoms with Gasteiger partial charge in [-0.15, -0.1) is 11.3 Å². The Bertz CT molecular complexity index is 648. The number of benzene rings is 1. The lowest BCUT2D eigenvalue weighted by Gasteiger charge is -2.10. The van der Waals surface area contributed by atoms with Gasteiger partial charge in [0.2, 0.25) is 0 Å². The molecule has 18 heavy (non-hydrogen) atoms. The second kappa shape index (κ2) is 5.09. The fraction of sp³-hybridized carbons (Fsp3) is 0.167. The highest BCUT2D eigenvalue weighted by Gasteiger charge is 2.19. The van der Waals surface area contributed by atoms with Crippen LogP contribution in [0.25, 0.3) is 0 Å². The van der Waals surface area contributed by atoms with Crippen molar-refractivity contribution in [3.8, 4) is 0 Å². The van der Waals surface area contributed by atoms with E-state index in [1.165, 1.54) is 11.3 Å². The molecule has 0 aliphatic carbocycles. The Morgan fingerprint density at radius 1 is 1.28 bits per heavy atom. The molecule has 1 aromatic carbocycles. The molecule has 0 saturated carbocycles. The van der Waals surface area contributed by atoms with Crippen molar-refractivity contribution in [2.75, 3.05) is 4.72 Å². The molecule has 0 unspecified atom stereocenters. The van der Waals surface area contributed by atoms with Gasteiger partial charge in [0.15, 0.2) is 0 Å². The molecule has 0 atom stereocenters. The maximum Gasteiger partial charge on any atom is 0.263 e. The standard InChI is InChI=1S/C12H14N2O2S2/c1-9-4-2-3-5-10(9)14-18(15,16)12-6-7-17-11(12)8-13/h2-7,14H,8,13H2,1H3. The van der Waals surface area contributed by atoms with Crippen LogP contribution in [-0.4, -0.2) is 8.42 Å². The SMILES string of the molecule is Cc1ccccc1NS(=O)(=O)c1ccsc1CN. The van der Waals surface area contributed by atoms with Crippen molar-refractivity contribution in [2.24, 2.45) is 5.73 Å². The number of aryl methyl sites for hydroxylation is 1. The summed E-state index contributed by atoms with van der Waals surface area (Å²) in [7, 11) is -3.55. The summed E-state index contributed by atoms with van der Waals surface area (Å²) in [5.74, 6) is 0. The van der Waals surface area contributed by atoms with Crippen LogP contribution in [0.5, 0.6) is 0 Å². The van der Waals surface area contributed by atoms with Crippen molar-refractivity contribution in [1.82, 2.24) is 0 Å². The van der Waals surface area contributed by atoms with Gasteiger partial charge in [-0.2, -0.15) is 0 Å². The molecule has 3 N–H and O–H groups in total. The van der Waals surface area contributed by atoms with E-state index in [1.807, 2.05) is 19.1 Å². The third-order valence-electron chi connectivity index (χ3n) is 2.57. The number of nitrogens with two attached hydrogens (primary N) is 1. The van der Waals surface area contributed by atoms with E-state index in [9.17, 15) is 8.42 Å². The lowest BCUT2D eigenvalue weighted by Crippen LogP contribution is -2.15. The zero-order chi connectivity index (χ0) is 13.2. The molecule has 0 aliphatic heterocycles. The summed E-state index contributed by atoms with van der Waals surface area (Å²) < 4.78 is 27.1. The Balaban J connectivity index is 2.37. The molecule has 0 saturated heterocycles. The zero-order valence-electron chi connectivity index (χ0n) is 9.88. The van der Waals surface area contributed by atoms with Gasteiger partial charge in [0.05, 0.1) is 5.69 Å². The number of sulfonamides is 1. The molecule has 2 aromatic rings. The number of rotatable bonds is 4. The second-order valence-corrected chi connectivity index (χ2v) is 6.48. The Morgan fingerprint density at radius 2 is 2.00 bits per heavy atom. The molecular formula is C12H14N2O2S2. The molecule has 2 rings (SSSR count). The second-order valence-electron chi connectivity index (χ2n) is 3.83. The Labute approximate surface area is 111 Å². The maximum absolute atomic E-state index is 12.2. The fourth-order valence-corrected chi connectivity index (χ4v) is 4.07. The normalized spacial score (nSPS) is 11.4. The summed E-state index contributed by atoms with van der Waals surface area (Å²) in [6.45, 7) is 2.08. The minimum Gasteiger partial charge on any atom is -0.326 e. The third-order valence-corrected chi connectivity index (χ3v) is 5.09. The molecule has 0 amide bonds. The van der Waals surface area contributed by atoms with E-state index in [-0.39, 0.29) is 11.4 Å². The highest BCUT2D eigenvalue weighted by atomic mass is 32.2. The van der Waals surface area contributed by atoms with Crippen LogP contribution in [-0.2, 0) is 16.6 Å². The van der Waals surface area contributed by atoms with Crippen LogP contribution < -0.4 is 10.5 Å². The molecule has 6 heteroatoms. The number of hydrogen-bond acceptors (Lipinski definition) is 4. The summed E-state index contributed by atoms with van der Waals surface area (Å²) in [5.41, 5.74) is 7.00. The van der Waals surface area contributed by atoms with Crippen LogP contribution in [0.4, 0.5) is 5.69 Å². The third kappa shape index (κ3) is 2.55. The molecule has 0 fully saturated rings. The van der Waals surface area contributed by atoms with Crippen molar-refractivity contribution in [3.63, 3.8) is 0 Å². The van der Waals surface area contributed by atoms with Crippen molar-refractivity contribution in [3.05, 3.63) is 46.2 Å². The van der Waals surface area contributed by atoms with Gasteiger partial charge in [-0.3, -0.25) is 4.72 Å².